The van der Waals surface area contributed by atoms with Crippen LogP contribution in [-0.4, -0.2) is 30.7 Å². The molecule has 1 aromatic rings. The van der Waals surface area contributed by atoms with Crippen LogP contribution in [0.4, 0.5) is 5.69 Å². The summed E-state index contributed by atoms with van der Waals surface area (Å²) in [5.41, 5.74) is -0.364. The third-order valence-electron chi connectivity index (χ3n) is 3.97. The zero-order valence-electron chi connectivity index (χ0n) is 13.2. The fourth-order valence-corrected chi connectivity index (χ4v) is 4.47. The van der Waals surface area contributed by atoms with E-state index < -0.39 is 14.9 Å². The molecular formula is C16H22N2O4S. The van der Waals surface area contributed by atoms with E-state index in [1.54, 1.807) is 0 Å². The number of hydrogen-bond acceptors (Lipinski definition) is 4. The number of nitro groups is 1. The van der Waals surface area contributed by atoms with Crippen LogP contribution in [0.15, 0.2) is 41.3 Å². The number of rotatable bonds is 3. The summed E-state index contributed by atoms with van der Waals surface area (Å²) < 4.78 is 27.3. The summed E-state index contributed by atoms with van der Waals surface area (Å²) in [6.07, 6.45) is 7.58. The van der Waals surface area contributed by atoms with Crippen molar-refractivity contribution in [2.75, 3.05) is 13.1 Å². The normalized spacial score (nSPS) is 22.4. The Labute approximate surface area is 137 Å². The highest BCUT2D eigenvalue weighted by molar-refractivity contribution is 7.89. The second kappa shape index (κ2) is 7.70. The van der Waals surface area contributed by atoms with Gasteiger partial charge < -0.3 is 0 Å². The molecule has 6 nitrogen and oxygen atoms in total. The maximum Gasteiger partial charge on any atom is 0.289 e. The number of nitrogens with zero attached hydrogens (tertiary/aromatic N) is 2. The molecule has 126 valence electrons. The van der Waals surface area contributed by atoms with Gasteiger partial charge in [0.05, 0.1) is 4.92 Å². The smallest absolute Gasteiger partial charge is 0.258 e. The molecule has 0 amide bonds. The molecule has 1 atom stereocenters. The maximum atomic E-state index is 12.9. The average molecular weight is 338 g/mol. The first-order chi connectivity index (χ1) is 10.9. The van der Waals surface area contributed by atoms with Gasteiger partial charge in [0.25, 0.3) is 5.69 Å². The second-order valence-electron chi connectivity index (χ2n) is 5.88. The standard InChI is InChI=1S/C16H22N2O4S/c1-14-9-5-3-2-4-8-12-17(13-14)23(21,22)16-11-7-6-10-15(16)18(19)20/h2-3,6-7,10-11,14H,4-5,8-9,12-13H2,1H3/b3-2-/t14-/m0/s1. The van der Waals surface area contributed by atoms with Crippen molar-refractivity contribution in [2.45, 2.75) is 37.5 Å². The zero-order valence-corrected chi connectivity index (χ0v) is 14.0. The van der Waals surface area contributed by atoms with Gasteiger partial charge in [-0.05, 0) is 37.7 Å². The van der Waals surface area contributed by atoms with Crippen molar-refractivity contribution in [3.63, 3.8) is 0 Å². The number of hydrogen-bond donors (Lipinski definition) is 0. The Morgan fingerprint density at radius 1 is 1.22 bits per heavy atom. The molecule has 0 aromatic heterocycles. The predicted molar refractivity (Wildman–Crippen MR) is 88.6 cm³/mol. The van der Waals surface area contributed by atoms with Crippen LogP contribution in [0, 0.1) is 16.0 Å². The van der Waals surface area contributed by atoms with Gasteiger partial charge in [-0.25, -0.2) is 8.42 Å². The largest absolute Gasteiger partial charge is 0.289 e. The summed E-state index contributed by atoms with van der Waals surface area (Å²) in [6.45, 7) is 2.78. The first kappa shape index (κ1) is 17.6. The molecule has 1 aliphatic heterocycles. The van der Waals surface area contributed by atoms with Gasteiger partial charge in [-0.3, -0.25) is 10.1 Å². The van der Waals surface area contributed by atoms with Gasteiger partial charge in [0.2, 0.25) is 10.0 Å². The Hall–Kier alpha value is -1.73. The number of nitro benzene ring substituents is 1. The first-order valence-electron chi connectivity index (χ1n) is 7.81. The van der Waals surface area contributed by atoms with E-state index in [2.05, 4.69) is 12.2 Å². The molecule has 23 heavy (non-hydrogen) atoms. The summed E-state index contributed by atoms with van der Waals surface area (Å²) in [4.78, 5) is 10.3. The van der Waals surface area contributed by atoms with E-state index >= 15 is 0 Å². The van der Waals surface area contributed by atoms with Crippen LogP contribution in [0.25, 0.3) is 0 Å². The molecule has 0 fully saturated rings. The summed E-state index contributed by atoms with van der Waals surface area (Å²) in [5.74, 6) is 0.204. The van der Waals surface area contributed by atoms with Gasteiger partial charge in [0.1, 0.15) is 0 Å². The number of benzene rings is 1. The molecule has 0 saturated heterocycles. The summed E-state index contributed by atoms with van der Waals surface area (Å²) >= 11 is 0. The fourth-order valence-electron chi connectivity index (χ4n) is 2.72. The Morgan fingerprint density at radius 3 is 2.65 bits per heavy atom. The number of allylic oxidation sites excluding steroid dienone is 2. The molecule has 0 saturated carbocycles. The van der Waals surface area contributed by atoms with Crippen LogP contribution in [0.1, 0.15) is 32.6 Å². The van der Waals surface area contributed by atoms with Crippen molar-refractivity contribution in [2.24, 2.45) is 5.92 Å². The molecule has 7 heteroatoms. The minimum absolute atomic E-state index is 0.204. The van der Waals surface area contributed by atoms with Crippen LogP contribution in [0.3, 0.4) is 0 Å². The number of para-hydroxylation sites is 1. The van der Waals surface area contributed by atoms with E-state index in [0.29, 0.717) is 19.5 Å². The lowest BCUT2D eigenvalue weighted by Crippen LogP contribution is -2.36. The minimum Gasteiger partial charge on any atom is -0.258 e. The molecule has 0 aliphatic carbocycles. The lowest BCUT2D eigenvalue weighted by Gasteiger charge is -2.25. The van der Waals surface area contributed by atoms with Crippen molar-refractivity contribution in [3.05, 3.63) is 46.5 Å². The molecule has 2 rings (SSSR count). The molecule has 0 N–H and O–H groups in total. The van der Waals surface area contributed by atoms with E-state index in [4.69, 9.17) is 0 Å². The van der Waals surface area contributed by atoms with Gasteiger partial charge >= 0.3 is 0 Å². The van der Waals surface area contributed by atoms with Gasteiger partial charge in [-0.1, -0.05) is 31.2 Å². The molecule has 1 aliphatic rings. The highest BCUT2D eigenvalue weighted by Crippen LogP contribution is 2.27. The monoisotopic (exact) mass is 338 g/mol. The van der Waals surface area contributed by atoms with Crippen LogP contribution in [-0.2, 0) is 10.0 Å². The van der Waals surface area contributed by atoms with Gasteiger partial charge in [-0.2, -0.15) is 4.31 Å². The Kier molecular flexibility index (Phi) is 5.90. The average Bonchev–Trinajstić information content (AvgIpc) is 2.53. The molecule has 0 spiro atoms. The minimum atomic E-state index is -3.87. The highest BCUT2D eigenvalue weighted by atomic mass is 32.2. The third-order valence-corrected chi connectivity index (χ3v) is 5.88. The summed E-state index contributed by atoms with van der Waals surface area (Å²) in [7, 11) is -3.87. The van der Waals surface area contributed by atoms with Crippen molar-refractivity contribution in [1.29, 1.82) is 0 Å². The van der Waals surface area contributed by atoms with Crippen molar-refractivity contribution in [1.82, 2.24) is 4.31 Å². The molecular weight excluding hydrogens is 316 g/mol. The Bertz CT molecular complexity index is 685. The Balaban J connectivity index is 2.36. The quantitative estimate of drug-likeness (QED) is 0.481. The Morgan fingerprint density at radius 2 is 1.91 bits per heavy atom. The second-order valence-corrected chi connectivity index (χ2v) is 7.79. The number of sulfonamides is 1. The van der Waals surface area contributed by atoms with Gasteiger partial charge in [0, 0.05) is 19.2 Å². The maximum absolute atomic E-state index is 12.9. The molecule has 1 heterocycles. The molecule has 0 bridgehead atoms. The fraction of sp³-hybridized carbons (Fsp3) is 0.500. The summed E-state index contributed by atoms with van der Waals surface area (Å²) in [6, 6.07) is 5.55. The topological polar surface area (TPSA) is 80.5 Å². The third kappa shape index (κ3) is 4.39. The van der Waals surface area contributed by atoms with E-state index in [1.165, 1.54) is 28.6 Å². The van der Waals surface area contributed by atoms with E-state index in [-0.39, 0.29) is 16.5 Å². The van der Waals surface area contributed by atoms with Gasteiger partial charge in [-0.15, -0.1) is 0 Å². The lowest BCUT2D eigenvalue weighted by atomic mass is 10.0. The summed E-state index contributed by atoms with van der Waals surface area (Å²) in [5, 5.41) is 11.2. The molecule has 0 radical (unpaired) electrons. The van der Waals surface area contributed by atoms with Crippen molar-refractivity contribution in [3.8, 4) is 0 Å². The first-order valence-corrected chi connectivity index (χ1v) is 9.25. The zero-order chi connectivity index (χ0) is 16.9. The van der Waals surface area contributed by atoms with E-state index in [1.807, 2.05) is 6.92 Å². The van der Waals surface area contributed by atoms with Crippen LogP contribution >= 0.6 is 0 Å². The highest BCUT2D eigenvalue weighted by Gasteiger charge is 2.31. The van der Waals surface area contributed by atoms with Crippen molar-refractivity contribution < 1.29 is 13.3 Å². The lowest BCUT2D eigenvalue weighted by molar-refractivity contribution is -0.387. The molecule has 0 unspecified atom stereocenters. The van der Waals surface area contributed by atoms with Crippen LogP contribution < -0.4 is 0 Å². The predicted octanol–water partition coefficient (Wildman–Crippen LogP) is 3.35. The van der Waals surface area contributed by atoms with Gasteiger partial charge in [0.15, 0.2) is 4.90 Å². The van der Waals surface area contributed by atoms with Crippen LogP contribution in [0.2, 0.25) is 0 Å². The van der Waals surface area contributed by atoms with E-state index in [0.717, 1.165) is 19.3 Å². The van der Waals surface area contributed by atoms with Crippen LogP contribution in [0.5, 0.6) is 0 Å². The van der Waals surface area contributed by atoms with E-state index in [9.17, 15) is 18.5 Å². The van der Waals surface area contributed by atoms with Crippen molar-refractivity contribution >= 4 is 15.7 Å². The SMILES string of the molecule is C[C@H]1CC/C=C\CCCN(S(=O)(=O)c2ccccc2[N+](=O)[O-])C1. The molecule has 1 aromatic carbocycles.